The van der Waals surface area contributed by atoms with Gasteiger partial charge in [-0.3, -0.25) is 14.4 Å². The Morgan fingerprint density at radius 2 is 2.22 bits per heavy atom. The summed E-state index contributed by atoms with van der Waals surface area (Å²) in [4.78, 5) is 20.9. The Labute approximate surface area is 136 Å². The van der Waals surface area contributed by atoms with Crippen molar-refractivity contribution >= 4 is 5.91 Å². The Morgan fingerprint density at radius 1 is 1.35 bits per heavy atom. The van der Waals surface area contributed by atoms with Crippen LogP contribution in [0.2, 0.25) is 0 Å². The molecule has 2 saturated heterocycles. The van der Waals surface area contributed by atoms with E-state index < -0.39 is 5.60 Å². The molecule has 2 aliphatic heterocycles. The topological polar surface area (TPSA) is 72.7 Å². The van der Waals surface area contributed by atoms with Crippen molar-refractivity contribution in [2.24, 2.45) is 7.05 Å². The van der Waals surface area contributed by atoms with Gasteiger partial charge >= 0.3 is 0 Å². The maximum Gasteiger partial charge on any atom is 0.293 e. The molecule has 1 spiro atoms. The maximum atomic E-state index is 12.7. The van der Waals surface area contributed by atoms with E-state index in [0.29, 0.717) is 32.9 Å². The molecule has 1 aromatic heterocycles. The Hall–Kier alpha value is -1.51. The molecule has 1 atom stereocenters. The summed E-state index contributed by atoms with van der Waals surface area (Å²) in [6, 6.07) is 0. The van der Waals surface area contributed by atoms with Gasteiger partial charge in [0, 0.05) is 26.7 Å². The van der Waals surface area contributed by atoms with Gasteiger partial charge in [-0.1, -0.05) is 6.92 Å². The van der Waals surface area contributed by atoms with Gasteiger partial charge in [0.2, 0.25) is 5.82 Å². The normalized spacial score (nSPS) is 26.4. The second-order valence-electron chi connectivity index (χ2n) is 6.33. The second kappa shape index (κ2) is 6.94. The van der Waals surface area contributed by atoms with E-state index in [1.165, 1.54) is 11.0 Å². The van der Waals surface area contributed by atoms with Crippen molar-refractivity contribution in [2.45, 2.75) is 18.9 Å². The highest BCUT2D eigenvalue weighted by molar-refractivity contribution is 5.90. The fourth-order valence-corrected chi connectivity index (χ4v) is 3.27. The van der Waals surface area contributed by atoms with Gasteiger partial charge in [-0.25, -0.2) is 4.98 Å². The molecular formula is C15H25N5O3. The van der Waals surface area contributed by atoms with Crippen LogP contribution in [-0.2, 0) is 16.5 Å². The number of nitrogens with zero attached hydrogens (tertiary/aromatic N) is 5. The number of hydrogen-bond acceptors (Lipinski definition) is 6. The first-order valence-corrected chi connectivity index (χ1v) is 8.21. The largest absolute Gasteiger partial charge is 0.376 e. The van der Waals surface area contributed by atoms with Gasteiger partial charge in [0.1, 0.15) is 11.9 Å². The van der Waals surface area contributed by atoms with E-state index in [1.54, 1.807) is 11.9 Å². The van der Waals surface area contributed by atoms with Crippen molar-refractivity contribution in [3.05, 3.63) is 12.2 Å². The zero-order chi connectivity index (χ0) is 16.3. The predicted octanol–water partition coefficient (Wildman–Crippen LogP) is -0.231. The number of aromatic nitrogens is 3. The van der Waals surface area contributed by atoms with Crippen molar-refractivity contribution in [1.82, 2.24) is 24.6 Å². The highest BCUT2D eigenvalue weighted by atomic mass is 16.5. The number of rotatable bonds is 3. The van der Waals surface area contributed by atoms with Crippen LogP contribution in [0.5, 0.6) is 0 Å². The Morgan fingerprint density at radius 3 is 2.96 bits per heavy atom. The lowest BCUT2D eigenvalue weighted by Gasteiger charge is -2.43. The molecule has 23 heavy (non-hydrogen) atoms. The minimum atomic E-state index is -0.450. The first-order chi connectivity index (χ1) is 11.1. The van der Waals surface area contributed by atoms with E-state index in [-0.39, 0.29) is 11.7 Å². The van der Waals surface area contributed by atoms with Crippen molar-refractivity contribution in [2.75, 3.05) is 52.5 Å². The number of aryl methyl sites for hydroxylation is 1. The molecule has 128 valence electrons. The zero-order valence-electron chi connectivity index (χ0n) is 13.9. The first-order valence-electron chi connectivity index (χ1n) is 8.21. The quantitative estimate of drug-likeness (QED) is 0.765. The molecule has 8 heteroatoms. The van der Waals surface area contributed by atoms with Crippen LogP contribution >= 0.6 is 0 Å². The van der Waals surface area contributed by atoms with Gasteiger partial charge in [-0.05, 0) is 13.0 Å². The molecule has 2 aliphatic rings. The summed E-state index contributed by atoms with van der Waals surface area (Å²) in [5, 5.41) is 4.12. The molecule has 0 aliphatic carbocycles. The van der Waals surface area contributed by atoms with Crippen LogP contribution < -0.4 is 0 Å². The monoisotopic (exact) mass is 323 g/mol. The predicted molar refractivity (Wildman–Crippen MR) is 83.1 cm³/mol. The fourth-order valence-electron chi connectivity index (χ4n) is 3.27. The minimum Gasteiger partial charge on any atom is -0.376 e. The molecule has 1 amide bonds. The van der Waals surface area contributed by atoms with Gasteiger partial charge in [0.25, 0.3) is 5.91 Å². The number of hydrogen-bond donors (Lipinski definition) is 0. The lowest BCUT2D eigenvalue weighted by molar-refractivity contribution is -0.139. The molecule has 0 radical (unpaired) electrons. The SMILES string of the molecule is CCCN1CCOC2(COCCN(C(=O)c3ncn(C)n3)C2)C1. The molecule has 0 saturated carbocycles. The summed E-state index contributed by atoms with van der Waals surface area (Å²) in [7, 11) is 1.75. The third-order valence-corrected chi connectivity index (χ3v) is 4.30. The third-order valence-electron chi connectivity index (χ3n) is 4.30. The van der Waals surface area contributed by atoms with E-state index >= 15 is 0 Å². The molecule has 0 bridgehead atoms. The average Bonchev–Trinajstić information content (AvgIpc) is 2.87. The van der Waals surface area contributed by atoms with Crippen LogP contribution in [0.1, 0.15) is 24.0 Å². The van der Waals surface area contributed by atoms with Crippen LogP contribution in [0.3, 0.4) is 0 Å². The van der Waals surface area contributed by atoms with Crippen LogP contribution in [0.15, 0.2) is 6.33 Å². The van der Waals surface area contributed by atoms with E-state index in [9.17, 15) is 4.79 Å². The van der Waals surface area contributed by atoms with E-state index in [1.807, 2.05) is 0 Å². The molecule has 1 unspecified atom stereocenters. The van der Waals surface area contributed by atoms with Crippen molar-refractivity contribution in [3.8, 4) is 0 Å². The molecule has 0 aromatic carbocycles. The summed E-state index contributed by atoms with van der Waals surface area (Å²) in [6.45, 7) is 7.71. The van der Waals surface area contributed by atoms with Gasteiger partial charge in [0.15, 0.2) is 0 Å². The number of carbonyl (C=O) groups excluding carboxylic acids is 1. The molecule has 2 fully saturated rings. The Balaban J connectivity index is 1.74. The highest BCUT2D eigenvalue weighted by Crippen LogP contribution is 2.23. The van der Waals surface area contributed by atoms with E-state index in [4.69, 9.17) is 9.47 Å². The maximum absolute atomic E-state index is 12.7. The highest BCUT2D eigenvalue weighted by Gasteiger charge is 2.41. The molecule has 3 rings (SSSR count). The summed E-state index contributed by atoms with van der Waals surface area (Å²) >= 11 is 0. The molecule has 0 N–H and O–H groups in total. The molecule has 3 heterocycles. The van der Waals surface area contributed by atoms with E-state index in [2.05, 4.69) is 21.9 Å². The van der Waals surface area contributed by atoms with Gasteiger partial charge in [-0.15, -0.1) is 5.10 Å². The van der Waals surface area contributed by atoms with Crippen LogP contribution in [0.4, 0.5) is 0 Å². The smallest absolute Gasteiger partial charge is 0.293 e. The fraction of sp³-hybridized carbons (Fsp3) is 0.800. The van der Waals surface area contributed by atoms with Gasteiger partial charge < -0.3 is 14.4 Å². The average molecular weight is 323 g/mol. The lowest BCUT2D eigenvalue weighted by Crippen LogP contribution is -2.59. The minimum absolute atomic E-state index is 0.160. The van der Waals surface area contributed by atoms with Crippen molar-refractivity contribution < 1.29 is 14.3 Å². The molecule has 8 nitrogen and oxygen atoms in total. The van der Waals surface area contributed by atoms with Crippen LogP contribution in [-0.4, -0.2) is 88.6 Å². The molecule has 1 aromatic rings. The van der Waals surface area contributed by atoms with Crippen LogP contribution in [0.25, 0.3) is 0 Å². The Kier molecular flexibility index (Phi) is 4.93. The van der Waals surface area contributed by atoms with Gasteiger partial charge in [-0.2, -0.15) is 0 Å². The molecular weight excluding hydrogens is 298 g/mol. The number of morpholine rings is 1. The van der Waals surface area contributed by atoms with Crippen LogP contribution in [0, 0.1) is 0 Å². The van der Waals surface area contributed by atoms with Crippen molar-refractivity contribution in [3.63, 3.8) is 0 Å². The zero-order valence-corrected chi connectivity index (χ0v) is 13.9. The summed E-state index contributed by atoms with van der Waals surface area (Å²) < 4.78 is 13.4. The second-order valence-corrected chi connectivity index (χ2v) is 6.33. The Bertz CT molecular complexity index is 547. The standard InChI is InChI=1S/C15H25N5O3/c1-3-4-19-5-8-23-15(9-19)10-20(6-7-22-11-15)14(21)13-16-12-18(2)17-13/h12H,3-11H2,1-2H3. The summed E-state index contributed by atoms with van der Waals surface area (Å²) in [6.07, 6.45) is 2.65. The summed E-state index contributed by atoms with van der Waals surface area (Å²) in [5.41, 5.74) is -0.450. The number of ether oxygens (including phenoxy) is 2. The van der Waals surface area contributed by atoms with Gasteiger partial charge in [0.05, 0.1) is 26.4 Å². The van der Waals surface area contributed by atoms with Crippen molar-refractivity contribution in [1.29, 1.82) is 0 Å². The van der Waals surface area contributed by atoms with E-state index in [0.717, 1.165) is 26.1 Å². The number of carbonyl (C=O) groups is 1. The summed E-state index contributed by atoms with van der Waals surface area (Å²) in [5.74, 6) is 0.0671. The lowest BCUT2D eigenvalue weighted by atomic mass is 10.0. The first kappa shape index (κ1) is 16.4. The number of amides is 1. The third kappa shape index (κ3) is 3.70.